The minimum absolute atomic E-state index is 0.257. The maximum Gasteiger partial charge on any atom is 0.236 e. The summed E-state index contributed by atoms with van der Waals surface area (Å²) < 4.78 is 15.8. The van der Waals surface area contributed by atoms with Crippen LogP contribution >= 0.6 is 11.6 Å². The van der Waals surface area contributed by atoms with E-state index in [1.54, 1.807) is 16.9 Å². The Hall–Kier alpha value is -2.66. The third-order valence-electron chi connectivity index (χ3n) is 4.48. The van der Waals surface area contributed by atoms with Crippen LogP contribution in [0.2, 0.25) is 5.02 Å². The lowest BCUT2D eigenvalue weighted by Crippen LogP contribution is -2.29. The topological polar surface area (TPSA) is 46.9 Å². The lowest BCUT2D eigenvalue weighted by molar-refractivity contribution is -0.118. The number of halogens is 2. The third-order valence-corrected chi connectivity index (χ3v) is 4.72. The number of hydrogen-bond acceptors (Lipinski definition) is 2. The molecule has 6 heteroatoms. The quantitative estimate of drug-likeness (QED) is 0.757. The number of carbonyl (C=O) groups is 1. The summed E-state index contributed by atoms with van der Waals surface area (Å²) in [4.78, 5) is 12.7. The van der Waals surface area contributed by atoms with Crippen LogP contribution in [-0.2, 0) is 10.2 Å². The molecule has 0 aliphatic heterocycles. The summed E-state index contributed by atoms with van der Waals surface area (Å²) in [6.07, 6.45) is 2.95. The van der Waals surface area contributed by atoms with Crippen molar-refractivity contribution in [3.8, 4) is 5.69 Å². The highest BCUT2D eigenvalue weighted by Gasteiger charge is 2.53. The number of carbonyl (C=O) groups excluding carboxylic acids is 1. The molecule has 1 saturated carbocycles. The number of rotatable bonds is 4. The van der Waals surface area contributed by atoms with Crippen molar-refractivity contribution in [1.29, 1.82) is 0 Å². The van der Waals surface area contributed by atoms with Gasteiger partial charge in [0, 0.05) is 22.8 Å². The molecule has 1 amide bonds. The maximum absolute atomic E-state index is 14.2. The summed E-state index contributed by atoms with van der Waals surface area (Å²) in [6, 6.07) is 15.6. The molecule has 0 bridgehead atoms. The van der Waals surface area contributed by atoms with Gasteiger partial charge >= 0.3 is 0 Å². The van der Waals surface area contributed by atoms with E-state index in [1.165, 1.54) is 18.2 Å². The SMILES string of the molecule is O=C(Nc1ccn(-c2ccccc2)n1)C1(c2cc(Cl)ccc2F)CC1. The van der Waals surface area contributed by atoms with Crippen molar-refractivity contribution in [1.82, 2.24) is 9.78 Å². The van der Waals surface area contributed by atoms with Gasteiger partial charge in [-0.25, -0.2) is 9.07 Å². The van der Waals surface area contributed by atoms with Crippen LogP contribution in [0.15, 0.2) is 60.8 Å². The predicted molar refractivity (Wildman–Crippen MR) is 94.5 cm³/mol. The lowest BCUT2D eigenvalue weighted by Gasteiger charge is -2.16. The molecule has 1 aliphatic rings. The third kappa shape index (κ3) is 2.91. The number of benzene rings is 2. The Morgan fingerprint density at radius 2 is 1.92 bits per heavy atom. The van der Waals surface area contributed by atoms with E-state index >= 15 is 0 Å². The number of nitrogens with one attached hydrogen (secondary N) is 1. The summed E-state index contributed by atoms with van der Waals surface area (Å²) in [6.45, 7) is 0. The van der Waals surface area contributed by atoms with Crippen molar-refractivity contribution >= 4 is 23.3 Å². The van der Waals surface area contributed by atoms with Crippen LogP contribution in [0.25, 0.3) is 5.69 Å². The van der Waals surface area contributed by atoms with Crippen LogP contribution in [0.1, 0.15) is 18.4 Å². The Kier molecular flexibility index (Phi) is 3.81. The average Bonchev–Trinajstić information content (AvgIpc) is 3.31. The van der Waals surface area contributed by atoms with Gasteiger partial charge in [0.15, 0.2) is 5.82 Å². The van der Waals surface area contributed by atoms with Crippen molar-refractivity contribution < 1.29 is 9.18 Å². The van der Waals surface area contributed by atoms with E-state index in [9.17, 15) is 9.18 Å². The molecule has 1 N–H and O–H groups in total. The number of nitrogens with zero attached hydrogens (tertiary/aromatic N) is 2. The fraction of sp³-hybridized carbons (Fsp3) is 0.158. The monoisotopic (exact) mass is 355 g/mol. The normalized spacial score (nSPS) is 15.0. The molecule has 1 aromatic heterocycles. The van der Waals surface area contributed by atoms with Gasteiger partial charge in [-0.2, -0.15) is 5.10 Å². The first-order valence-electron chi connectivity index (χ1n) is 7.97. The number of anilines is 1. The summed E-state index contributed by atoms with van der Waals surface area (Å²) >= 11 is 5.97. The van der Waals surface area contributed by atoms with Crippen LogP contribution in [0, 0.1) is 5.82 Å². The molecular weight excluding hydrogens is 341 g/mol. The van der Waals surface area contributed by atoms with Crippen molar-refractivity contribution in [3.63, 3.8) is 0 Å². The van der Waals surface area contributed by atoms with Crippen LogP contribution < -0.4 is 5.32 Å². The van der Waals surface area contributed by atoms with E-state index in [-0.39, 0.29) is 5.91 Å². The minimum Gasteiger partial charge on any atom is -0.308 e. The summed E-state index contributed by atoms with van der Waals surface area (Å²) in [5, 5.41) is 7.58. The molecule has 0 spiro atoms. The molecule has 2 aromatic carbocycles. The van der Waals surface area contributed by atoms with Gasteiger partial charge in [0.2, 0.25) is 5.91 Å². The molecule has 0 atom stereocenters. The highest BCUT2D eigenvalue weighted by Crippen LogP contribution is 2.50. The minimum atomic E-state index is -0.856. The second kappa shape index (κ2) is 6.01. The largest absolute Gasteiger partial charge is 0.308 e. The van der Waals surface area contributed by atoms with E-state index in [4.69, 9.17) is 11.6 Å². The molecule has 4 rings (SSSR count). The Bertz CT molecular complexity index is 935. The molecular formula is C19H15ClFN3O. The first kappa shape index (κ1) is 15.8. The van der Waals surface area contributed by atoms with Gasteiger partial charge in [-0.3, -0.25) is 4.79 Å². The zero-order chi connectivity index (χ0) is 17.4. The highest BCUT2D eigenvalue weighted by molar-refractivity contribution is 6.30. The van der Waals surface area contributed by atoms with Gasteiger partial charge in [-0.1, -0.05) is 29.8 Å². The molecule has 3 aromatic rings. The van der Waals surface area contributed by atoms with Crippen LogP contribution in [-0.4, -0.2) is 15.7 Å². The van der Waals surface area contributed by atoms with Gasteiger partial charge < -0.3 is 5.32 Å². The second-order valence-corrected chi connectivity index (χ2v) is 6.58. The van der Waals surface area contributed by atoms with Gasteiger partial charge in [-0.15, -0.1) is 0 Å². The molecule has 4 nitrogen and oxygen atoms in total. The number of aromatic nitrogens is 2. The zero-order valence-corrected chi connectivity index (χ0v) is 14.0. The molecule has 0 radical (unpaired) electrons. The molecule has 25 heavy (non-hydrogen) atoms. The Morgan fingerprint density at radius 1 is 1.16 bits per heavy atom. The Balaban J connectivity index is 1.57. The molecule has 126 valence electrons. The number of para-hydroxylation sites is 1. The fourth-order valence-corrected chi connectivity index (χ4v) is 3.13. The standard InChI is InChI=1S/C19H15ClFN3O/c20-13-6-7-16(21)15(12-13)19(9-10-19)18(25)22-17-8-11-24(23-17)14-4-2-1-3-5-14/h1-8,11-12H,9-10H2,(H,22,23,25). The van der Waals surface area contributed by atoms with Crippen LogP contribution in [0.4, 0.5) is 10.2 Å². The molecule has 1 fully saturated rings. The summed E-state index contributed by atoms with van der Waals surface area (Å²) in [5.41, 5.74) is 0.385. The first-order valence-corrected chi connectivity index (χ1v) is 8.34. The van der Waals surface area contributed by atoms with Crippen molar-refractivity contribution in [2.45, 2.75) is 18.3 Å². The van der Waals surface area contributed by atoms with E-state index < -0.39 is 11.2 Å². The molecule has 1 aliphatic carbocycles. The van der Waals surface area contributed by atoms with Crippen molar-refractivity contribution in [2.24, 2.45) is 0 Å². The van der Waals surface area contributed by atoms with Crippen molar-refractivity contribution in [2.75, 3.05) is 5.32 Å². The molecule has 0 saturated heterocycles. The van der Waals surface area contributed by atoms with Gasteiger partial charge in [0.1, 0.15) is 5.82 Å². The highest BCUT2D eigenvalue weighted by atomic mass is 35.5. The maximum atomic E-state index is 14.2. The van der Waals surface area contributed by atoms with E-state index in [0.29, 0.717) is 29.2 Å². The van der Waals surface area contributed by atoms with Crippen LogP contribution in [0.3, 0.4) is 0 Å². The molecule has 1 heterocycles. The van der Waals surface area contributed by atoms with Gasteiger partial charge in [0.05, 0.1) is 11.1 Å². The predicted octanol–water partition coefficient (Wildman–Crippen LogP) is 4.34. The summed E-state index contributed by atoms with van der Waals surface area (Å²) in [7, 11) is 0. The lowest BCUT2D eigenvalue weighted by atomic mass is 9.94. The van der Waals surface area contributed by atoms with E-state index in [0.717, 1.165) is 5.69 Å². The Morgan fingerprint density at radius 3 is 2.64 bits per heavy atom. The fourth-order valence-electron chi connectivity index (χ4n) is 2.96. The second-order valence-electron chi connectivity index (χ2n) is 6.14. The average molecular weight is 356 g/mol. The van der Waals surface area contributed by atoms with Gasteiger partial charge in [-0.05, 0) is 43.2 Å². The zero-order valence-electron chi connectivity index (χ0n) is 13.2. The van der Waals surface area contributed by atoms with E-state index in [2.05, 4.69) is 10.4 Å². The number of hydrogen-bond donors (Lipinski definition) is 1. The smallest absolute Gasteiger partial charge is 0.236 e. The number of amides is 1. The van der Waals surface area contributed by atoms with Crippen molar-refractivity contribution in [3.05, 3.63) is 77.2 Å². The van der Waals surface area contributed by atoms with E-state index in [1.807, 2.05) is 30.3 Å². The first-order chi connectivity index (χ1) is 12.1. The molecule has 0 unspecified atom stereocenters. The van der Waals surface area contributed by atoms with Gasteiger partial charge in [0.25, 0.3) is 0 Å². The Labute approximate surface area is 149 Å². The summed E-state index contributed by atoms with van der Waals surface area (Å²) in [5.74, 6) is -0.235. The van der Waals surface area contributed by atoms with Crippen LogP contribution in [0.5, 0.6) is 0 Å².